The van der Waals surface area contributed by atoms with E-state index in [9.17, 15) is 0 Å². The van der Waals surface area contributed by atoms with Gasteiger partial charge in [0.25, 0.3) is 0 Å². The van der Waals surface area contributed by atoms with Crippen molar-refractivity contribution in [3.05, 3.63) is 23.5 Å². The summed E-state index contributed by atoms with van der Waals surface area (Å²) in [5, 5.41) is 0. The van der Waals surface area contributed by atoms with Crippen molar-refractivity contribution >= 4 is 15.9 Å². The molecule has 20 heavy (non-hydrogen) atoms. The van der Waals surface area contributed by atoms with Crippen molar-refractivity contribution in [2.24, 2.45) is 17.8 Å². The molecule has 0 aromatic rings. The van der Waals surface area contributed by atoms with Crippen molar-refractivity contribution in [2.75, 3.05) is 0 Å². The van der Waals surface area contributed by atoms with Crippen LogP contribution < -0.4 is 0 Å². The van der Waals surface area contributed by atoms with Crippen LogP contribution >= 0.6 is 15.9 Å². The van der Waals surface area contributed by atoms with Gasteiger partial charge in [0.1, 0.15) is 11.9 Å². The van der Waals surface area contributed by atoms with Gasteiger partial charge in [0.2, 0.25) is 0 Å². The molecule has 4 aliphatic rings. The van der Waals surface area contributed by atoms with Crippen LogP contribution in [0.2, 0.25) is 0 Å². The third-order valence-electron chi connectivity index (χ3n) is 6.05. The van der Waals surface area contributed by atoms with E-state index >= 15 is 0 Å². The van der Waals surface area contributed by atoms with Gasteiger partial charge in [-0.05, 0) is 74.9 Å². The summed E-state index contributed by atoms with van der Waals surface area (Å²) in [6.07, 6.45) is 17.3. The number of ether oxygens (including phenoxy) is 1. The zero-order chi connectivity index (χ0) is 13.5. The van der Waals surface area contributed by atoms with E-state index in [0.29, 0.717) is 6.10 Å². The molecular weight excluding hydrogens is 312 g/mol. The molecule has 1 aliphatic heterocycles. The maximum Gasteiger partial charge on any atom is 0.119 e. The van der Waals surface area contributed by atoms with Crippen molar-refractivity contribution in [3.63, 3.8) is 0 Å². The molecule has 2 saturated carbocycles. The lowest BCUT2D eigenvalue weighted by Gasteiger charge is -2.40. The van der Waals surface area contributed by atoms with E-state index in [1.54, 1.807) is 5.57 Å². The van der Waals surface area contributed by atoms with E-state index in [0.717, 1.165) is 22.6 Å². The first-order valence-corrected chi connectivity index (χ1v) is 9.45. The van der Waals surface area contributed by atoms with E-state index < -0.39 is 0 Å². The first-order chi connectivity index (χ1) is 9.83. The Morgan fingerprint density at radius 1 is 1.05 bits per heavy atom. The Hall–Kier alpha value is -0.240. The SMILES string of the molecule is BrC1CCC(C2CCCC3C4=C(C=CCC4)OC32)CC1. The quantitative estimate of drug-likeness (QED) is 0.585. The van der Waals surface area contributed by atoms with Crippen molar-refractivity contribution in [2.45, 2.75) is 68.7 Å². The van der Waals surface area contributed by atoms with Gasteiger partial charge in [0.05, 0.1) is 0 Å². The van der Waals surface area contributed by atoms with Crippen LogP contribution in [0.1, 0.15) is 57.8 Å². The molecule has 0 saturated heterocycles. The highest BCUT2D eigenvalue weighted by molar-refractivity contribution is 9.09. The normalized spacial score (nSPS) is 44.0. The van der Waals surface area contributed by atoms with Crippen LogP contribution in [0.5, 0.6) is 0 Å². The standard InChI is InChI=1S/C18H25BrO/c19-13-10-8-12(9-11-13)14-5-3-6-16-15-4-1-2-7-17(15)20-18(14)16/h2,7,12-14,16,18H,1,3-6,8-11H2. The molecule has 2 heteroatoms. The Labute approximate surface area is 131 Å². The van der Waals surface area contributed by atoms with Gasteiger partial charge < -0.3 is 4.74 Å². The Balaban J connectivity index is 1.51. The Morgan fingerprint density at radius 2 is 1.90 bits per heavy atom. The summed E-state index contributed by atoms with van der Waals surface area (Å²) in [4.78, 5) is 0.775. The zero-order valence-electron chi connectivity index (χ0n) is 12.2. The summed E-state index contributed by atoms with van der Waals surface area (Å²) in [6.45, 7) is 0. The number of alkyl halides is 1. The smallest absolute Gasteiger partial charge is 0.119 e. The highest BCUT2D eigenvalue weighted by Gasteiger charge is 2.45. The number of rotatable bonds is 1. The van der Waals surface area contributed by atoms with Crippen LogP contribution in [0.3, 0.4) is 0 Å². The van der Waals surface area contributed by atoms with Crippen LogP contribution in [0.25, 0.3) is 0 Å². The van der Waals surface area contributed by atoms with Crippen molar-refractivity contribution in [3.8, 4) is 0 Å². The van der Waals surface area contributed by atoms with Crippen LogP contribution in [0.15, 0.2) is 23.5 Å². The molecule has 3 atom stereocenters. The first-order valence-electron chi connectivity index (χ1n) is 8.53. The third-order valence-corrected chi connectivity index (χ3v) is 6.97. The molecule has 0 bridgehead atoms. The van der Waals surface area contributed by atoms with Gasteiger partial charge >= 0.3 is 0 Å². The molecule has 2 fully saturated rings. The molecule has 0 aromatic carbocycles. The predicted octanol–water partition coefficient (Wildman–Crippen LogP) is 5.36. The summed E-state index contributed by atoms with van der Waals surface area (Å²) in [7, 11) is 0. The fourth-order valence-corrected chi connectivity index (χ4v) is 5.57. The minimum Gasteiger partial charge on any atom is -0.490 e. The number of halogens is 1. The van der Waals surface area contributed by atoms with Crippen molar-refractivity contribution < 1.29 is 4.74 Å². The summed E-state index contributed by atoms with van der Waals surface area (Å²) < 4.78 is 6.44. The van der Waals surface area contributed by atoms with Gasteiger partial charge in [-0.2, -0.15) is 0 Å². The Bertz CT molecular complexity index is 431. The Kier molecular flexibility index (Phi) is 3.70. The zero-order valence-corrected chi connectivity index (χ0v) is 13.8. The largest absolute Gasteiger partial charge is 0.490 e. The molecule has 1 nitrogen and oxygen atoms in total. The highest BCUT2D eigenvalue weighted by atomic mass is 79.9. The Morgan fingerprint density at radius 3 is 2.75 bits per heavy atom. The molecule has 0 N–H and O–H groups in total. The molecule has 3 unspecified atom stereocenters. The van der Waals surface area contributed by atoms with Crippen LogP contribution in [0, 0.1) is 17.8 Å². The van der Waals surface area contributed by atoms with Crippen molar-refractivity contribution in [1.29, 1.82) is 0 Å². The van der Waals surface area contributed by atoms with E-state index in [2.05, 4.69) is 28.1 Å². The summed E-state index contributed by atoms with van der Waals surface area (Å²) in [5.74, 6) is 3.76. The van der Waals surface area contributed by atoms with Crippen molar-refractivity contribution in [1.82, 2.24) is 0 Å². The minimum absolute atomic E-state index is 0.522. The lowest BCUT2D eigenvalue weighted by molar-refractivity contribution is -0.000726. The molecule has 3 aliphatic carbocycles. The molecule has 0 aromatic heterocycles. The first kappa shape index (κ1) is 13.4. The molecule has 0 spiro atoms. The lowest BCUT2D eigenvalue weighted by Crippen LogP contribution is -2.38. The second-order valence-electron chi connectivity index (χ2n) is 7.13. The van der Waals surface area contributed by atoms with E-state index in [1.165, 1.54) is 63.5 Å². The van der Waals surface area contributed by atoms with Gasteiger partial charge in [-0.25, -0.2) is 0 Å². The molecule has 0 amide bonds. The van der Waals surface area contributed by atoms with Crippen LogP contribution in [0.4, 0.5) is 0 Å². The minimum atomic E-state index is 0.522. The third kappa shape index (κ3) is 2.28. The van der Waals surface area contributed by atoms with Gasteiger partial charge in [0.15, 0.2) is 0 Å². The second-order valence-corrected chi connectivity index (χ2v) is 8.42. The number of fused-ring (bicyclic) bond motifs is 2. The average molecular weight is 337 g/mol. The summed E-state index contributed by atoms with van der Waals surface area (Å²) in [6, 6.07) is 0. The second kappa shape index (κ2) is 5.51. The lowest BCUT2D eigenvalue weighted by atomic mass is 9.67. The van der Waals surface area contributed by atoms with Gasteiger partial charge in [-0.15, -0.1) is 0 Å². The average Bonchev–Trinajstić information content (AvgIpc) is 2.87. The van der Waals surface area contributed by atoms with Gasteiger partial charge in [0, 0.05) is 10.7 Å². The monoisotopic (exact) mass is 336 g/mol. The molecule has 110 valence electrons. The van der Waals surface area contributed by atoms with Gasteiger partial charge in [-0.3, -0.25) is 0 Å². The highest BCUT2D eigenvalue weighted by Crippen LogP contribution is 2.50. The molecule has 4 rings (SSSR count). The number of hydrogen-bond acceptors (Lipinski definition) is 1. The maximum absolute atomic E-state index is 6.44. The fraction of sp³-hybridized carbons (Fsp3) is 0.778. The van der Waals surface area contributed by atoms with Crippen LogP contribution in [-0.2, 0) is 4.74 Å². The van der Waals surface area contributed by atoms with E-state index in [-0.39, 0.29) is 0 Å². The predicted molar refractivity (Wildman–Crippen MR) is 85.8 cm³/mol. The molecule has 0 radical (unpaired) electrons. The van der Waals surface area contributed by atoms with E-state index in [4.69, 9.17) is 4.74 Å². The topological polar surface area (TPSA) is 9.23 Å². The molecular formula is C18H25BrO. The summed E-state index contributed by atoms with van der Waals surface area (Å²) in [5.41, 5.74) is 1.66. The fourth-order valence-electron chi connectivity index (χ4n) is 5.04. The molecule has 1 heterocycles. The van der Waals surface area contributed by atoms with Gasteiger partial charge in [-0.1, -0.05) is 28.4 Å². The number of allylic oxidation sites excluding steroid dienone is 2. The van der Waals surface area contributed by atoms with Crippen LogP contribution in [-0.4, -0.2) is 10.9 Å². The maximum atomic E-state index is 6.44. The summed E-state index contributed by atoms with van der Waals surface area (Å²) >= 11 is 3.80. The number of hydrogen-bond donors (Lipinski definition) is 0. The van der Waals surface area contributed by atoms with E-state index in [1.807, 2.05) is 0 Å².